The molecule has 1 saturated heterocycles. The van der Waals surface area contributed by atoms with E-state index in [-0.39, 0.29) is 18.4 Å². The summed E-state index contributed by atoms with van der Waals surface area (Å²) in [6.07, 6.45) is 0.851. The van der Waals surface area contributed by atoms with Crippen molar-refractivity contribution >= 4 is 11.8 Å². The monoisotopic (exact) mass is 303 g/mol. The number of halogens is 1. The van der Waals surface area contributed by atoms with Gasteiger partial charge in [0.1, 0.15) is 17.6 Å². The number of carbonyl (C=O) groups excluding carboxylic acids is 2. The molecule has 7 heteroatoms. The largest absolute Gasteiger partial charge is 0.356 e. The van der Waals surface area contributed by atoms with E-state index in [0.29, 0.717) is 29.9 Å². The number of benzene rings is 1. The van der Waals surface area contributed by atoms with Crippen LogP contribution in [0.2, 0.25) is 0 Å². The molecule has 0 saturated carbocycles. The van der Waals surface area contributed by atoms with Gasteiger partial charge in [0.15, 0.2) is 5.76 Å². The molecule has 114 valence electrons. The van der Waals surface area contributed by atoms with Crippen LogP contribution in [0.1, 0.15) is 18.5 Å². The Labute approximate surface area is 125 Å². The number of nitrogens with one attached hydrogen (secondary N) is 2. The predicted octanol–water partition coefficient (Wildman–Crippen LogP) is 1.38. The highest BCUT2D eigenvalue weighted by Crippen LogP contribution is 2.23. The first-order chi connectivity index (χ1) is 10.6. The van der Waals surface area contributed by atoms with Crippen LogP contribution in [0.25, 0.3) is 11.3 Å². The minimum Gasteiger partial charge on any atom is -0.356 e. The van der Waals surface area contributed by atoms with Crippen LogP contribution < -0.4 is 10.6 Å². The van der Waals surface area contributed by atoms with Crippen LogP contribution in [0.5, 0.6) is 0 Å². The van der Waals surface area contributed by atoms with Crippen LogP contribution >= 0.6 is 0 Å². The molecule has 2 amide bonds. The van der Waals surface area contributed by atoms with Crippen molar-refractivity contribution in [2.45, 2.75) is 25.4 Å². The highest BCUT2D eigenvalue weighted by atomic mass is 19.1. The predicted molar refractivity (Wildman–Crippen MR) is 74.9 cm³/mol. The lowest BCUT2D eigenvalue weighted by molar-refractivity contribution is -0.125. The zero-order valence-corrected chi connectivity index (χ0v) is 11.6. The second kappa shape index (κ2) is 5.97. The highest BCUT2D eigenvalue weighted by molar-refractivity contribution is 5.90. The van der Waals surface area contributed by atoms with E-state index in [1.807, 2.05) is 0 Å². The first-order valence-electron chi connectivity index (χ1n) is 6.91. The van der Waals surface area contributed by atoms with Crippen LogP contribution in [0.15, 0.2) is 34.9 Å². The van der Waals surface area contributed by atoms with E-state index < -0.39 is 11.9 Å². The van der Waals surface area contributed by atoms with Crippen molar-refractivity contribution in [2.75, 3.05) is 0 Å². The molecule has 0 unspecified atom stereocenters. The average Bonchev–Trinajstić information content (AvgIpc) is 3.14. The molecule has 3 rings (SSSR count). The minimum atomic E-state index is -0.495. The van der Waals surface area contributed by atoms with Gasteiger partial charge in [0.25, 0.3) is 0 Å². The fourth-order valence-electron chi connectivity index (χ4n) is 2.29. The van der Waals surface area contributed by atoms with Crippen molar-refractivity contribution in [1.82, 2.24) is 15.8 Å². The third-order valence-corrected chi connectivity index (χ3v) is 3.45. The van der Waals surface area contributed by atoms with Crippen molar-refractivity contribution in [3.63, 3.8) is 0 Å². The Hall–Kier alpha value is -2.70. The van der Waals surface area contributed by atoms with Crippen LogP contribution in [0.4, 0.5) is 4.39 Å². The Bertz CT molecular complexity index is 714. The van der Waals surface area contributed by atoms with E-state index in [0.717, 1.165) is 0 Å². The standard InChI is InChI=1S/C15H14FN3O3/c16-11-4-2-1-3-10(11)13-7-9(19-22-13)8-17-15(21)12-5-6-14(20)18-12/h1-4,7,12H,5-6,8H2,(H,17,21)(H,18,20)/t12-/m1/s1. The number of hydrogen-bond donors (Lipinski definition) is 2. The van der Waals surface area contributed by atoms with Gasteiger partial charge in [-0.25, -0.2) is 4.39 Å². The Balaban J connectivity index is 1.62. The van der Waals surface area contributed by atoms with Crippen molar-refractivity contribution < 1.29 is 18.5 Å². The van der Waals surface area contributed by atoms with Crippen LogP contribution in [0.3, 0.4) is 0 Å². The molecule has 22 heavy (non-hydrogen) atoms. The topological polar surface area (TPSA) is 84.2 Å². The van der Waals surface area contributed by atoms with Crippen molar-refractivity contribution in [1.29, 1.82) is 0 Å². The zero-order valence-electron chi connectivity index (χ0n) is 11.6. The molecular formula is C15H14FN3O3. The number of nitrogens with zero attached hydrogens (tertiary/aromatic N) is 1. The summed E-state index contributed by atoms with van der Waals surface area (Å²) >= 11 is 0. The summed E-state index contributed by atoms with van der Waals surface area (Å²) in [5, 5.41) is 9.06. The summed E-state index contributed by atoms with van der Waals surface area (Å²) in [7, 11) is 0. The maximum atomic E-state index is 13.6. The molecule has 2 heterocycles. The normalized spacial score (nSPS) is 17.3. The molecule has 0 spiro atoms. The molecule has 0 bridgehead atoms. The number of rotatable bonds is 4. The maximum absolute atomic E-state index is 13.6. The lowest BCUT2D eigenvalue weighted by Crippen LogP contribution is -2.41. The Morgan fingerprint density at radius 2 is 2.27 bits per heavy atom. The molecule has 1 atom stereocenters. The van der Waals surface area contributed by atoms with E-state index >= 15 is 0 Å². The second-order valence-corrected chi connectivity index (χ2v) is 5.04. The fraction of sp³-hybridized carbons (Fsp3) is 0.267. The van der Waals surface area contributed by atoms with E-state index in [9.17, 15) is 14.0 Å². The quantitative estimate of drug-likeness (QED) is 0.893. The van der Waals surface area contributed by atoms with Gasteiger partial charge in [-0.15, -0.1) is 0 Å². The summed E-state index contributed by atoms with van der Waals surface area (Å²) in [4.78, 5) is 22.9. The van der Waals surface area contributed by atoms with Crippen molar-refractivity contribution in [3.05, 3.63) is 41.8 Å². The smallest absolute Gasteiger partial charge is 0.242 e. The molecule has 0 aliphatic carbocycles. The van der Waals surface area contributed by atoms with E-state index in [1.54, 1.807) is 24.3 Å². The number of amides is 2. The van der Waals surface area contributed by atoms with E-state index in [4.69, 9.17) is 4.52 Å². The summed E-state index contributed by atoms with van der Waals surface area (Å²) < 4.78 is 18.7. The molecular weight excluding hydrogens is 289 g/mol. The van der Waals surface area contributed by atoms with Crippen LogP contribution in [-0.2, 0) is 16.1 Å². The Morgan fingerprint density at radius 1 is 1.45 bits per heavy atom. The van der Waals surface area contributed by atoms with Crippen molar-refractivity contribution in [3.8, 4) is 11.3 Å². The lowest BCUT2D eigenvalue weighted by atomic mass is 10.1. The Kier molecular flexibility index (Phi) is 3.86. The maximum Gasteiger partial charge on any atom is 0.242 e. The van der Waals surface area contributed by atoms with Gasteiger partial charge in [-0.2, -0.15) is 0 Å². The highest BCUT2D eigenvalue weighted by Gasteiger charge is 2.27. The van der Waals surface area contributed by atoms with Crippen LogP contribution in [-0.4, -0.2) is 23.0 Å². The molecule has 1 aromatic heterocycles. The lowest BCUT2D eigenvalue weighted by Gasteiger charge is -2.09. The summed E-state index contributed by atoms with van der Waals surface area (Å²) in [5.41, 5.74) is 0.798. The van der Waals surface area contributed by atoms with Gasteiger partial charge < -0.3 is 15.2 Å². The molecule has 1 fully saturated rings. The van der Waals surface area contributed by atoms with Gasteiger partial charge in [-0.1, -0.05) is 17.3 Å². The number of hydrogen-bond acceptors (Lipinski definition) is 4. The van der Waals surface area contributed by atoms with Gasteiger partial charge >= 0.3 is 0 Å². The molecule has 1 aliphatic rings. The van der Waals surface area contributed by atoms with Gasteiger partial charge in [-0.05, 0) is 18.6 Å². The van der Waals surface area contributed by atoms with Crippen LogP contribution in [0, 0.1) is 5.82 Å². The average molecular weight is 303 g/mol. The SMILES string of the molecule is O=C1CC[C@H](C(=O)NCc2cc(-c3ccccc3F)on2)N1. The molecule has 1 aliphatic heterocycles. The van der Waals surface area contributed by atoms with Gasteiger partial charge in [0.05, 0.1) is 12.1 Å². The molecule has 0 radical (unpaired) electrons. The molecule has 2 aromatic rings. The fourth-order valence-corrected chi connectivity index (χ4v) is 2.29. The third kappa shape index (κ3) is 2.98. The first kappa shape index (κ1) is 14.2. The number of aromatic nitrogens is 1. The van der Waals surface area contributed by atoms with Gasteiger partial charge in [0, 0.05) is 12.5 Å². The first-order valence-corrected chi connectivity index (χ1v) is 6.91. The Morgan fingerprint density at radius 3 is 3.00 bits per heavy atom. The number of carbonyl (C=O) groups is 2. The van der Waals surface area contributed by atoms with E-state index in [2.05, 4.69) is 15.8 Å². The molecule has 2 N–H and O–H groups in total. The van der Waals surface area contributed by atoms with Gasteiger partial charge in [0.2, 0.25) is 11.8 Å². The second-order valence-electron chi connectivity index (χ2n) is 5.04. The van der Waals surface area contributed by atoms with Gasteiger partial charge in [-0.3, -0.25) is 9.59 Å². The summed E-state index contributed by atoms with van der Waals surface area (Å²) in [5.74, 6) is -0.482. The van der Waals surface area contributed by atoms with Crippen molar-refractivity contribution in [2.24, 2.45) is 0 Å². The third-order valence-electron chi connectivity index (χ3n) is 3.45. The minimum absolute atomic E-state index is 0.122. The summed E-state index contributed by atoms with van der Waals surface area (Å²) in [6, 6.07) is 7.29. The molecule has 1 aromatic carbocycles. The summed E-state index contributed by atoms with van der Waals surface area (Å²) in [6.45, 7) is 0.156. The van der Waals surface area contributed by atoms with E-state index in [1.165, 1.54) is 6.07 Å². The molecule has 6 nitrogen and oxygen atoms in total. The zero-order chi connectivity index (χ0) is 15.5.